The second-order valence-corrected chi connectivity index (χ2v) is 9.05. The van der Waals surface area contributed by atoms with Gasteiger partial charge in [0.15, 0.2) is 9.84 Å². The molecule has 1 unspecified atom stereocenters. The molecule has 0 amide bonds. The lowest BCUT2D eigenvalue weighted by Gasteiger charge is -2.37. The van der Waals surface area contributed by atoms with E-state index in [4.69, 9.17) is 0 Å². The number of anilines is 1. The molecule has 0 saturated carbocycles. The second kappa shape index (κ2) is 7.50. The van der Waals surface area contributed by atoms with Crippen LogP contribution in [0.15, 0.2) is 23.1 Å². The molecule has 9 heteroatoms. The lowest BCUT2D eigenvalue weighted by Crippen LogP contribution is -2.50. The topological polar surface area (TPSA) is 87.0 Å². The van der Waals surface area contributed by atoms with Crippen molar-refractivity contribution in [1.82, 2.24) is 9.80 Å². The fourth-order valence-electron chi connectivity index (χ4n) is 3.85. The Kier molecular flexibility index (Phi) is 5.50. The second-order valence-electron chi connectivity index (χ2n) is 7.04. The van der Waals surface area contributed by atoms with Gasteiger partial charge in [-0.3, -0.25) is 15.0 Å². The Balaban J connectivity index is 1.75. The molecule has 0 aliphatic carbocycles. The fraction of sp³-hybridized carbons (Fsp3) is 0.647. The largest absolute Gasteiger partial charge is 0.364 e. The van der Waals surface area contributed by atoms with Crippen LogP contribution < -0.4 is 4.90 Å². The number of nitro benzene ring substituents is 1. The van der Waals surface area contributed by atoms with Gasteiger partial charge in [0, 0.05) is 57.6 Å². The van der Waals surface area contributed by atoms with Gasteiger partial charge in [0.25, 0.3) is 5.69 Å². The number of hydrogen-bond donors (Lipinski definition) is 0. The van der Waals surface area contributed by atoms with Gasteiger partial charge in [0.05, 0.1) is 9.82 Å². The molecule has 3 rings (SSSR count). The van der Waals surface area contributed by atoms with Crippen LogP contribution in [0.4, 0.5) is 11.4 Å². The first-order valence-corrected chi connectivity index (χ1v) is 10.9. The molecule has 2 saturated heterocycles. The zero-order chi connectivity index (χ0) is 18.9. The van der Waals surface area contributed by atoms with Crippen LogP contribution in [0.5, 0.6) is 0 Å². The third kappa shape index (κ3) is 3.99. The van der Waals surface area contributed by atoms with E-state index in [1.165, 1.54) is 12.1 Å². The minimum atomic E-state index is -3.47. The van der Waals surface area contributed by atoms with E-state index in [1.54, 1.807) is 6.07 Å². The third-order valence-corrected chi connectivity index (χ3v) is 6.56. The average Bonchev–Trinajstić information content (AvgIpc) is 3.10. The van der Waals surface area contributed by atoms with E-state index in [1.807, 2.05) is 4.90 Å². The summed E-state index contributed by atoms with van der Waals surface area (Å²) in [5, 5.41) is 11.5. The number of likely N-dealkylation sites (N-methyl/N-ethyl adjacent to an activating group) is 1. The molecule has 1 aromatic carbocycles. The monoisotopic (exact) mass is 382 g/mol. The molecular weight excluding hydrogens is 356 g/mol. The number of nitro groups is 1. The lowest BCUT2D eigenvalue weighted by atomic mass is 10.2. The van der Waals surface area contributed by atoms with Gasteiger partial charge in [-0.05, 0) is 25.1 Å². The molecule has 0 radical (unpaired) electrons. The summed E-state index contributed by atoms with van der Waals surface area (Å²) in [6.45, 7) is 8.92. The molecular formula is C17H26N4O4S. The minimum Gasteiger partial charge on any atom is -0.364 e. The van der Waals surface area contributed by atoms with Crippen molar-refractivity contribution >= 4 is 21.2 Å². The van der Waals surface area contributed by atoms with Gasteiger partial charge in [0.2, 0.25) is 0 Å². The Morgan fingerprint density at radius 3 is 2.46 bits per heavy atom. The van der Waals surface area contributed by atoms with Crippen molar-refractivity contribution in [3.8, 4) is 0 Å². The number of piperazine rings is 1. The molecule has 144 valence electrons. The van der Waals surface area contributed by atoms with Gasteiger partial charge in [0.1, 0.15) is 5.69 Å². The lowest BCUT2D eigenvalue weighted by molar-refractivity contribution is -0.384. The standard InChI is InChI=1S/C17H26N4O4S/c1-3-18-8-10-19(11-9-18)14-6-7-20(13-14)16-5-4-15(26(2,24)25)12-17(16)21(22)23/h4-5,12,14H,3,6-11,13H2,1-2H3. The number of sulfone groups is 1. The minimum absolute atomic E-state index is 0.0145. The van der Waals surface area contributed by atoms with Gasteiger partial charge < -0.3 is 9.80 Å². The molecule has 2 fully saturated rings. The van der Waals surface area contributed by atoms with Crippen molar-refractivity contribution in [2.24, 2.45) is 0 Å². The number of rotatable bonds is 5. The van der Waals surface area contributed by atoms with E-state index in [9.17, 15) is 18.5 Å². The summed E-state index contributed by atoms with van der Waals surface area (Å²) in [5.41, 5.74) is 0.376. The normalized spacial score (nSPS) is 22.7. The summed E-state index contributed by atoms with van der Waals surface area (Å²) >= 11 is 0. The summed E-state index contributed by atoms with van der Waals surface area (Å²) in [4.78, 5) is 17.9. The van der Waals surface area contributed by atoms with Crippen molar-refractivity contribution < 1.29 is 13.3 Å². The molecule has 2 aliphatic rings. The molecule has 0 aromatic heterocycles. The van der Waals surface area contributed by atoms with Crippen LogP contribution in [0.2, 0.25) is 0 Å². The predicted molar refractivity (Wildman–Crippen MR) is 101 cm³/mol. The Bertz CT molecular complexity index is 775. The third-order valence-electron chi connectivity index (χ3n) is 5.45. The van der Waals surface area contributed by atoms with Gasteiger partial charge in [-0.1, -0.05) is 6.92 Å². The Morgan fingerprint density at radius 2 is 1.88 bits per heavy atom. The highest BCUT2D eigenvalue weighted by Gasteiger charge is 2.32. The summed E-state index contributed by atoms with van der Waals surface area (Å²) in [7, 11) is -3.47. The molecule has 1 atom stereocenters. The highest BCUT2D eigenvalue weighted by atomic mass is 32.2. The summed E-state index contributed by atoms with van der Waals surface area (Å²) in [6, 6.07) is 4.61. The maximum absolute atomic E-state index is 11.7. The first-order chi connectivity index (χ1) is 12.3. The molecule has 0 bridgehead atoms. The smallest absolute Gasteiger partial charge is 0.293 e. The van der Waals surface area contributed by atoms with Crippen LogP contribution in [-0.4, -0.2) is 81.3 Å². The maximum atomic E-state index is 11.7. The molecule has 26 heavy (non-hydrogen) atoms. The molecule has 0 spiro atoms. The molecule has 2 aliphatic heterocycles. The van der Waals surface area contributed by atoms with Crippen LogP contribution in [-0.2, 0) is 9.84 Å². The van der Waals surface area contributed by atoms with Gasteiger partial charge >= 0.3 is 0 Å². The number of benzene rings is 1. The van der Waals surface area contributed by atoms with Crippen molar-refractivity contribution in [2.45, 2.75) is 24.3 Å². The van der Waals surface area contributed by atoms with Gasteiger partial charge in [-0.2, -0.15) is 0 Å². The van der Waals surface area contributed by atoms with Gasteiger partial charge in [-0.15, -0.1) is 0 Å². The van der Waals surface area contributed by atoms with Crippen LogP contribution >= 0.6 is 0 Å². The zero-order valence-corrected chi connectivity index (χ0v) is 16.1. The Labute approximate surface area is 154 Å². The summed E-state index contributed by atoms with van der Waals surface area (Å²) in [6.07, 6.45) is 2.03. The van der Waals surface area contributed by atoms with E-state index in [-0.39, 0.29) is 10.6 Å². The van der Waals surface area contributed by atoms with Crippen molar-refractivity contribution in [3.05, 3.63) is 28.3 Å². The zero-order valence-electron chi connectivity index (χ0n) is 15.3. The van der Waals surface area contributed by atoms with Gasteiger partial charge in [-0.25, -0.2) is 8.42 Å². The predicted octanol–water partition coefficient (Wildman–Crippen LogP) is 1.21. The van der Waals surface area contributed by atoms with E-state index in [2.05, 4.69) is 16.7 Å². The number of nitrogens with zero attached hydrogens (tertiary/aromatic N) is 4. The molecule has 0 N–H and O–H groups in total. The van der Waals surface area contributed by atoms with E-state index in [0.29, 0.717) is 11.7 Å². The van der Waals surface area contributed by atoms with Crippen LogP contribution in [0.1, 0.15) is 13.3 Å². The van der Waals surface area contributed by atoms with Crippen molar-refractivity contribution in [3.63, 3.8) is 0 Å². The maximum Gasteiger partial charge on any atom is 0.293 e. The van der Waals surface area contributed by atoms with E-state index in [0.717, 1.165) is 58.5 Å². The quantitative estimate of drug-likeness (QED) is 0.559. The van der Waals surface area contributed by atoms with E-state index >= 15 is 0 Å². The SMILES string of the molecule is CCN1CCN(C2CCN(c3ccc(S(C)(=O)=O)cc3[N+](=O)[O-])C2)CC1. The highest BCUT2D eigenvalue weighted by molar-refractivity contribution is 7.90. The molecule has 2 heterocycles. The Hall–Kier alpha value is -1.71. The first-order valence-electron chi connectivity index (χ1n) is 8.99. The summed E-state index contributed by atoms with van der Waals surface area (Å²) < 4.78 is 23.4. The van der Waals surface area contributed by atoms with Crippen LogP contribution in [0.25, 0.3) is 0 Å². The van der Waals surface area contributed by atoms with Crippen molar-refractivity contribution in [2.75, 3.05) is 57.0 Å². The highest BCUT2D eigenvalue weighted by Crippen LogP contribution is 2.33. The molecule has 1 aromatic rings. The first kappa shape index (κ1) is 19.1. The van der Waals surface area contributed by atoms with Crippen LogP contribution in [0, 0.1) is 10.1 Å². The molecule has 8 nitrogen and oxygen atoms in total. The fourth-order valence-corrected chi connectivity index (χ4v) is 4.49. The summed E-state index contributed by atoms with van der Waals surface area (Å²) in [5.74, 6) is 0. The Morgan fingerprint density at radius 1 is 1.19 bits per heavy atom. The van der Waals surface area contributed by atoms with Crippen molar-refractivity contribution in [1.29, 1.82) is 0 Å². The van der Waals surface area contributed by atoms with Crippen LogP contribution in [0.3, 0.4) is 0 Å². The number of hydrogen-bond acceptors (Lipinski definition) is 7. The van der Waals surface area contributed by atoms with E-state index < -0.39 is 14.8 Å². The average molecular weight is 382 g/mol.